The summed E-state index contributed by atoms with van der Waals surface area (Å²) in [4.78, 5) is 11.7. The van der Waals surface area contributed by atoms with Gasteiger partial charge in [-0.15, -0.1) is 0 Å². The SMILES string of the molecule is COC[C@@H](C)OC(=O)c1ccc(Cl)cc1N. The Morgan fingerprint density at radius 3 is 2.81 bits per heavy atom. The van der Waals surface area contributed by atoms with Crippen LogP contribution in [0.15, 0.2) is 18.2 Å². The second kappa shape index (κ2) is 5.72. The van der Waals surface area contributed by atoms with Gasteiger partial charge in [-0.3, -0.25) is 0 Å². The van der Waals surface area contributed by atoms with Crippen molar-refractivity contribution in [2.24, 2.45) is 0 Å². The first kappa shape index (κ1) is 12.8. The lowest BCUT2D eigenvalue weighted by molar-refractivity contribution is 0.0121. The van der Waals surface area contributed by atoms with Gasteiger partial charge in [0.15, 0.2) is 0 Å². The van der Waals surface area contributed by atoms with Crippen molar-refractivity contribution in [3.8, 4) is 0 Å². The molecule has 0 aliphatic rings. The molecule has 1 aromatic rings. The third-order valence-electron chi connectivity index (χ3n) is 1.94. The number of rotatable bonds is 4. The molecule has 1 rings (SSSR count). The van der Waals surface area contributed by atoms with Gasteiger partial charge in [0.05, 0.1) is 12.2 Å². The van der Waals surface area contributed by atoms with Crippen LogP contribution in [-0.2, 0) is 9.47 Å². The van der Waals surface area contributed by atoms with Gasteiger partial charge in [0.25, 0.3) is 0 Å². The molecular weight excluding hydrogens is 230 g/mol. The summed E-state index contributed by atoms with van der Waals surface area (Å²) in [5.74, 6) is -0.473. The highest BCUT2D eigenvalue weighted by Crippen LogP contribution is 2.19. The van der Waals surface area contributed by atoms with Crippen LogP contribution in [0, 0.1) is 0 Å². The van der Waals surface area contributed by atoms with Crippen molar-refractivity contribution in [3.63, 3.8) is 0 Å². The summed E-state index contributed by atoms with van der Waals surface area (Å²) >= 11 is 5.72. The largest absolute Gasteiger partial charge is 0.457 e. The minimum Gasteiger partial charge on any atom is -0.457 e. The van der Waals surface area contributed by atoms with E-state index in [9.17, 15) is 4.79 Å². The molecule has 0 saturated carbocycles. The standard InChI is InChI=1S/C11H14ClNO3/c1-7(6-15-2)16-11(14)9-4-3-8(12)5-10(9)13/h3-5,7H,6,13H2,1-2H3/t7-/m1/s1. The monoisotopic (exact) mass is 243 g/mol. The highest BCUT2D eigenvalue weighted by atomic mass is 35.5. The third kappa shape index (κ3) is 3.40. The average Bonchev–Trinajstić information content (AvgIpc) is 2.17. The molecule has 5 heteroatoms. The predicted octanol–water partition coefficient (Wildman–Crippen LogP) is 2.11. The summed E-state index contributed by atoms with van der Waals surface area (Å²) in [5.41, 5.74) is 6.28. The lowest BCUT2D eigenvalue weighted by Gasteiger charge is -2.13. The first-order valence-corrected chi connectivity index (χ1v) is 5.17. The fourth-order valence-corrected chi connectivity index (χ4v) is 1.41. The Balaban J connectivity index is 2.73. The molecule has 0 spiro atoms. The van der Waals surface area contributed by atoms with Crippen molar-refractivity contribution in [2.75, 3.05) is 19.5 Å². The van der Waals surface area contributed by atoms with Gasteiger partial charge in [0, 0.05) is 17.8 Å². The molecule has 2 N–H and O–H groups in total. The number of ether oxygens (including phenoxy) is 2. The third-order valence-corrected chi connectivity index (χ3v) is 2.18. The van der Waals surface area contributed by atoms with E-state index in [0.29, 0.717) is 22.9 Å². The van der Waals surface area contributed by atoms with Crippen LogP contribution in [0.2, 0.25) is 5.02 Å². The highest BCUT2D eigenvalue weighted by molar-refractivity contribution is 6.31. The van der Waals surface area contributed by atoms with Crippen molar-refractivity contribution in [2.45, 2.75) is 13.0 Å². The van der Waals surface area contributed by atoms with Gasteiger partial charge in [-0.1, -0.05) is 11.6 Å². The number of hydrogen-bond acceptors (Lipinski definition) is 4. The Morgan fingerprint density at radius 2 is 2.25 bits per heavy atom. The second-order valence-corrected chi connectivity index (χ2v) is 3.84. The van der Waals surface area contributed by atoms with Gasteiger partial charge < -0.3 is 15.2 Å². The number of nitrogens with two attached hydrogens (primary N) is 1. The van der Waals surface area contributed by atoms with Gasteiger partial charge in [-0.2, -0.15) is 0 Å². The van der Waals surface area contributed by atoms with Gasteiger partial charge in [0.1, 0.15) is 6.10 Å². The van der Waals surface area contributed by atoms with Crippen LogP contribution < -0.4 is 5.73 Å². The average molecular weight is 244 g/mol. The Kier molecular flexibility index (Phi) is 4.58. The maximum Gasteiger partial charge on any atom is 0.340 e. The molecule has 0 fully saturated rings. The zero-order valence-corrected chi connectivity index (χ0v) is 9.95. The van der Waals surface area contributed by atoms with Crippen LogP contribution >= 0.6 is 11.6 Å². The summed E-state index contributed by atoms with van der Waals surface area (Å²) in [6, 6.07) is 4.65. The summed E-state index contributed by atoms with van der Waals surface area (Å²) < 4.78 is 9.97. The molecule has 0 radical (unpaired) electrons. The van der Waals surface area contributed by atoms with Crippen LogP contribution in [0.3, 0.4) is 0 Å². The van der Waals surface area contributed by atoms with E-state index in [2.05, 4.69) is 0 Å². The number of benzene rings is 1. The van der Waals surface area contributed by atoms with E-state index < -0.39 is 5.97 Å². The number of halogens is 1. The molecule has 0 unspecified atom stereocenters. The minimum absolute atomic E-state index is 0.308. The summed E-state index contributed by atoms with van der Waals surface area (Å²) in [6.45, 7) is 2.09. The molecule has 4 nitrogen and oxygen atoms in total. The van der Waals surface area contributed by atoms with E-state index >= 15 is 0 Å². The quantitative estimate of drug-likeness (QED) is 0.650. The van der Waals surface area contributed by atoms with Crippen molar-refractivity contribution >= 4 is 23.3 Å². The lowest BCUT2D eigenvalue weighted by Crippen LogP contribution is -2.20. The van der Waals surface area contributed by atoms with Crippen molar-refractivity contribution < 1.29 is 14.3 Å². The summed E-state index contributed by atoms with van der Waals surface area (Å²) in [5, 5.41) is 0.485. The molecule has 0 aromatic heterocycles. The maximum atomic E-state index is 11.7. The predicted molar refractivity (Wildman–Crippen MR) is 62.6 cm³/mol. The molecule has 0 bridgehead atoms. The molecule has 88 valence electrons. The Morgan fingerprint density at radius 1 is 1.56 bits per heavy atom. The van der Waals surface area contributed by atoms with Crippen molar-refractivity contribution in [3.05, 3.63) is 28.8 Å². The van der Waals surface area contributed by atoms with E-state index in [4.69, 9.17) is 26.8 Å². The number of anilines is 1. The van der Waals surface area contributed by atoms with Gasteiger partial charge in [-0.05, 0) is 25.1 Å². The van der Waals surface area contributed by atoms with Crippen LogP contribution in [-0.4, -0.2) is 25.8 Å². The maximum absolute atomic E-state index is 11.7. The molecule has 0 amide bonds. The first-order chi connectivity index (χ1) is 7.54. The zero-order chi connectivity index (χ0) is 12.1. The van der Waals surface area contributed by atoms with E-state index in [1.54, 1.807) is 26.2 Å². The van der Waals surface area contributed by atoms with Crippen molar-refractivity contribution in [1.29, 1.82) is 0 Å². The Labute approximate surface area is 99.3 Å². The Hall–Kier alpha value is -1.26. The van der Waals surface area contributed by atoms with E-state index in [1.165, 1.54) is 6.07 Å². The zero-order valence-electron chi connectivity index (χ0n) is 9.20. The van der Waals surface area contributed by atoms with E-state index in [-0.39, 0.29) is 6.10 Å². The minimum atomic E-state index is -0.473. The number of nitrogen functional groups attached to an aromatic ring is 1. The van der Waals surface area contributed by atoms with E-state index in [0.717, 1.165) is 0 Å². The molecule has 1 aromatic carbocycles. The normalized spacial score (nSPS) is 12.2. The molecule has 16 heavy (non-hydrogen) atoms. The van der Waals surface area contributed by atoms with Crippen molar-refractivity contribution in [1.82, 2.24) is 0 Å². The molecular formula is C11H14ClNO3. The molecule has 0 saturated heterocycles. The Bertz CT molecular complexity index is 381. The number of methoxy groups -OCH3 is 1. The summed E-state index contributed by atoms with van der Waals surface area (Å²) in [7, 11) is 1.54. The van der Waals surface area contributed by atoms with E-state index in [1.807, 2.05) is 0 Å². The lowest BCUT2D eigenvalue weighted by atomic mass is 10.2. The van der Waals surface area contributed by atoms with Crippen LogP contribution in [0.1, 0.15) is 17.3 Å². The smallest absolute Gasteiger partial charge is 0.340 e. The number of esters is 1. The fourth-order valence-electron chi connectivity index (χ4n) is 1.23. The molecule has 0 heterocycles. The second-order valence-electron chi connectivity index (χ2n) is 3.40. The van der Waals surface area contributed by atoms with Crippen LogP contribution in [0.5, 0.6) is 0 Å². The topological polar surface area (TPSA) is 61.5 Å². The molecule has 0 aliphatic carbocycles. The van der Waals surface area contributed by atoms with Gasteiger partial charge in [-0.25, -0.2) is 4.79 Å². The number of hydrogen-bond donors (Lipinski definition) is 1. The molecule has 0 aliphatic heterocycles. The highest BCUT2D eigenvalue weighted by Gasteiger charge is 2.14. The summed E-state index contributed by atoms with van der Waals surface area (Å²) in [6.07, 6.45) is -0.312. The first-order valence-electron chi connectivity index (χ1n) is 4.79. The fraction of sp³-hybridized carbons (Fsp3) is 0.364. The number of carbonyl (C=O) groups is 1. The van der Waals surface area contributed by atoms with Gasteiger partial charge >= 0.3 is 5.97 Å². The van der Waals surface area contributed by atoms with Gasteiger partial charge in [0.2, 0.25) is 0 Å². The number of carbonyl (C=O) groups excluding carboxylic acids is 1. The van der Waals surface area contributed by atoms with Crippen LogP contribution in [0.4, 0.5) is 5.69 Å². The van der Waals surface area contributed by atoms with Crippen LogP contribution in [0.25, 0.3) is 0 Å². The molecule has 1 atom stereocenters.